The summed E-state index contributed by atoms with van der Waals surface area (Å²) < 4.78 is 10.5. The number of para-hydroxylation sites is 1. The van der Waals surface area contributed by atoms with Gasteiger partial charge in [0.25, 0.3) is 5.56 Å². The lowest BCUT2D eigenvalue weighted by molar-refractivity contribution is 0.482. The first-order valence-electron chi connectivity index (χ1n) is 12.0. The van der Waals surface area contributed by atoms with Crippen molar-refractivity contribution in [2.24, 2.45) is 7.05 Å². The molecule has 3 aromatic carbocycles. The molecule has 6 rings (SSSR count). The smallest absolute Gasteiger partial charge is 0.332 e. The Morgan fingerprint density at radius 3 is 2.43 bits per heavy atom. The summed E-state index contributed by atoms with van der Waals surface area (Å²) in [5.74, 6) is 2.14. The number of hydrogen-bond acceptors (Lipinski definition) is 5. The first kappa shape index (κ1) is 23.1. The van der Waals surface area contributed by atoms with Crippen LogP contribution in [-0.2, 0) is 20.1 Å². The van der Waals surface area contributed by atoms with Crippen molar-refractivity contribution in [3.8, 4) is 11.5 Å². The summed E-state index contributed by atoms with van der Waals surface area (Å²) in [5.41, 5.74) is 1.74. The molecular weight excluding hydrogens is 490 g/mol. The number of nitrogens with zero attached hydrogens (tertiary/aromatic N) is 5. The van der Waals surface area contributed by atoms with Gasteiger partial charge in [-0.15, -0.1) is 0 Å². The first-order valence-corrected chi connectivity index (χ1v) is 12.4. The molecule has 0 radical (unpaired) electrons. The average Bonchev–Trinajstić information content (AvgIpc) is 3.31. The second kappa shape index (κ2) is 9.29. The topological polar surface area (TPSA) is 74.3 Å². The van der Waals surface area contributed by atoms with Crippen LogP contribution in [-0.4, -0.2) is 25.2 Å². The van der Waals surface area contributed by atoms with Crippen LogP contribution < -0.4 is 20.9 Å². The number of aromatic nitrogens is 4. The Bertz CT molecular complexity index is 1720. The number of aryl methyl sites for hydroxylation is 2. The van der Waals surface area contributed by atoms with Crippen LogP contribution in [0.4, 0.5) is 11.6 Å². The summed E-state index contributed by atoms with van der Waals surface area (Å²) in [5, 5.41) is 0.556. The highest BCUT2D eigenvalue weighted by Gasteiger charge is 2.27. The van der Waals surface area contributed by atoms with Gasteiger partial charge in [-0.3, -0.25) is 13.9 Å². The predicted octanol–water partition coefficient (Wildman–Crippen LogP) is 4.93. The van der Waals surface area contributed by atoms with Crippen LogP contribution in [0.2, 0.25) is 5.02 Å². The summed E-state index contributed by atoms with van der Waals surface area (Å²) in [4.78, 5) is 33.6. The fraction of sp³-hybridized carbons (Fsp3) is 0.179. The molecule has 0 spiro atoms. The molecule has 2 aromatic heterocycles. The standard InChI is InChI=1S/C28H24ClN5O3/c1-31-25-24(26(35)34(28(31)36)18-19-7-5-8-20(29)17-19)33-16-6-15-32(27(33)30-25)21-11-13-23(14-12-21)37-22-9-3-2-4-10-22/h2-5,7-14,17H,6,15-16,18H2,1H3. The largest absolute Gasteiger partial charge is 0.457 e. The molecule has 37 heavy (non-hydrogen) atoms. The van der Waals surface area contributed by atoms with E-state index in [1.807, 2.05) is 65.2 Å². The van der Waals surface area contributed by atoms with Crippen molar-refractivity contribution in [1.29, 1.82) is 0 Å². The van der Waals surface area contributed by atoms with Gasteiger partial charge in [-0.05, 0) is 60.5 Å². The monoisotopic (exact) mass is 513 g/mol. The molecule has 8 nitrogen and oxygen atoms in total. The lowest BCUT2D eigenvalue weighted by Crippen LogP contribution is -2.40. The Hall–Kier alpha value is -4.30. The second-order valence-corrected chi connectivity index (χ2v) is 9.45. The molecule has 0 unspecified atom stereocenters. The number of anilines is 2. The maximum Gasteiger partial charge on any atom is 0.332 e. The van der Waals surface area contributed by atoms with Gasteiger partial charge in [-0.25, -0.2) is 4.79 Å². The minimum atomic E-state index is -0.415. The lowest BCUT2D eigenvalue weighted by atomic mass is 10.2. The molecule has 0 amide bonds. The molecule has 1 aliphatic heterocycles. The molecule has 186 valence electrons. The van der Waals surface area contributed by atoms with Crippen LogP contribution in [0.15, 0.2) is 88.5 Å². The van der Waals surface area contributed by atoms with E-state index >= 15 is 0 Å². The minimum absolute atomic E-state index is 0.134. The van der Waals surface area contributed by atoms with E-state index in [0.29, 0.717) is 28.7 Å². The zero-order chi connectivity index (χ0) is 25.5. The highest BCUT2D eigenvalue weighted by molar-refractivity contribution is 6.30. The maximum absolute atomic E-state index is 13.6. The van der Waals surface area contributed by atoms with Gasteiger partial charge in [0.1, 0.15) is 11.5 Å². The highest BCUT2D eigenvalue weighted by atomic mass is 35.5. The Kier molecular flexibility index (Phi) is 5.81. The van der Waals surface area contributed by atoms with Crippen LogP contribution >= 0.6 is 11.6 Å². The van der Waals surface area contributed by atoms with Crippen molar-refractivity contribution in [2.45, 2.75) is 19.5 Å². The van der Waals surface area contributed by atoms with E-state index in [9.17, 15) is 9.59 Å². The first-order chi connectivity index (χ1) is 18.0. The number of halogens is 1. The van der Waals surface area contributed by atoms with Gasteiger partial charge in [0.05, 0.1) is 6.54 Å². The fourth-order valence-electron chi connectivity index (χ4n) is 4.79. The molecule has 0 aliphatic carbocycles. The van der Waals surface area contributed by atoms with E-state index in [-0.39, 0.29) is 12.1 Å². The zero-order valence-corrected chi connectivity index (χ0v) is 20.9. The summed E-state index contributed by atoms with van der Waals surface area (Å²) in [6.07, 6.45) is 0.831. The van der Waals surface area contributed by atoms with E-state index in [1.54, 1.807) is 25.2 Å². The number of fused-ring (bicyclic) bond motifs is 3. The van der Waals surface area contributed by atoms with Crippen LogP contribution in [0.1, 0.15) is 12.0 Å². The molecular formula is C28H24ClN5O3. The zero-order valence-electron chi connectivity index (χ0n) is 20.2. The van der Waals surface area contributed by atoms with Crippen molar-refractivity contribution < 1.29 is 4.74 Å². The number of imidazole rings is 1. The van der Waals surface area contributed by atoms with E-state index < -0.39 is 5.69 Å². The summed E-state index contributed by atoms with van der Waals surface area (Å²) in [6.45, 7) is 1.52. The SMILES string of the molecule is Cn1c(=O)n(Cc2cccc(Cl)c2)c(=O)c2c1nc1n2CCCN1c1ccc(Oc2ccccc2)cc1. The summed E-state index contributed by atoms with van der Waals surface area (Å²) in [6, 6.07) is 24.6. The van der Waals surface area contributed by atoms with Crippen molar-refractivity contribution in [1.82, 2.24) is 18.7 Å². The van der Waals surface area contributed by atoms with Gasteiger partial charge in [0.15, 0.2) is 11.2 Å². The predicted molar refractivity (Wildman–Crippen MR) is 144 cm³/mol. The van der Waals surface area contributed by atoms with E-state index in [2.05, 4.69) is 4.90 Å². The fourth-order valence-corrected chi connectivity index (χ4v) is 5.00. The van der Waals surface area contributed by atoms with Gasteiger partial charge in [-0.1, -0.05) is 41.9 Å². The van der Waals surface area contributed by atoms with Gasteiger partial charge in [0, 0.05) is 30.8 Å². The van der Waals surface area contributed by atoms with Crippen LogP contribution in [0.5, 0.6) is 11.5 Å². The van der Waals surface area contributed by atoms with Crippen LogP contribution in [0.25, 0.3) is 11.2 Å². The van der Waals surface area contributed by atoms with Crippen LogP contribution in [0.3, 0.4) is 0 Å². The normalized spacial score (nSPS) is 13.1. The Balaban J connectivity index is 1.39. The summed E-state index contributed by atoms with van der Waals surface area (Å²) in [7, 11) is 1.65. The minimum Gasteiger partial charge on any atom is -0.457 e. The van der Waals surface area contributed by atoms with Gasteiger partial charge in [0.2, 0.25) is 5.95 Å². The molecule has 0 saturated heterocycles. The molecule has 0 bridgehead atoms. The van der Waals surface area contributed by atoms with Gasteiger partial charge >= 0.3 is 5.69 Å². The van der Waals surface area contributed by atoms with Crippen molar-refractivity contribution >= 4 is 34.4 Å². The van der Waals surface area contributed by atoms with Gasteiger partial charge < -0.3 is 14.2 Å². The number of rotatable bonds is 5. The van der Waals surface area contributed by atoms with Crippen LogP contribution in [0, 0.1) is 0 Å². The average molecular weight is 514 g/mol. The number of hydrogen-bond donors (Lipinski definition) is 0. The van der Waals surface area contributed by atoms with Crippen molar-refractivity contribution in [2.75, 3.05) is 11.4 Å². The Labute approximate surface area is 217 Å². The molecule has 1 aliphatic rings. The molecule has 0 fully saturated rings. The molecule has 0 saturated carbocycles. The van der Waals surface area contributed by atoms with Crippen molar-refractivity contribution in [3.63, 3.8) is 0 Å². The third kappa shape index (κ3) is 4.19. The third-order valence-corrected chi connectivity index (χ3v) is 6.81. The number of benzene rings is 3. The molecule has 0 atom stereocenters. The van der Waals surface area contributed by atoms with E-state index in [0.717, 1.165) is 35.7 Å². The Morgan fingerprint density at radius 2 is 1.68 bits per heavy atom. The molecule has 9 heteroatoms. The lowest BCUT2D eigenvalue weighted by Gasteiger charge is -2.29. The molecule has 3 heterocycles. The highest BCUT2D eigenvalue weighted by Crippen LogP contribution is 2.32. The van der Waals surface area contributed by atoms with E-state index in [4.69, 9.17) is 21.3 Å². The maximum atomic E-state index is 13.6. The molecule has 0 N–H and O–H groups in total. The molecule has 5 aromatic rings. The second-order valence-electron chi connectivity index (χ2n) is 9.01. The van der Waals surface area contributed by atoms with E-state index in [1.165, 1.54) is 9.13 Å². The van der Waals surface area contributed by atoms with Gasteiger partial charge in [-0.2, -0.15) is 4.98 Å². The summed E-state index contributed by atoms with van der Waals surface area (Å²) >= 11 is 6.12. The van der Waals surface area contributed by atoms with Crippen molar-refractivity contribution in [3.05, 3.63) is 110 Å². The number of ether oxygens (including phenoxy) is 1. The third-order valence-electron chi connectivity index (χ3n) is 6.57. The quantitative estimate of drug-likeness (QED) is 0.333. The Morgan fingerprint density at radius 1 is 0.919 bits per heavy atom.